The Labute approximate surface area is 116 Å². The van der Waals surface area contributed by atoms with Gasteiger partial charge in [0.2, 0.25) is 5.91 Å². The van der Waals surface area contributed by atoms with E-state index in [1.165, 1.54) is 25.7 Å². The van der Waals surface area contributed by atoms with Gasteiger partial charge in [0, 0.05) is 20.3 Å². The van der Waals surface area contributed by atoms with Crippen molar-refractivity contribution in [2.24, 2.45) is 11.3 Å². The molecule has 4 heteroatoms. The first kappa shape index (κ1) is 14.8. The fraction of sp³-hybridized carbons (Fsp3) is 0.933. The summed E-state index contributed by atoms with van der Waals surface area (Å²) in [6.45, 7) is 3.70. The van der Waals surface area contributed by atoms with Gasteiger partial charge in [0.15, 0.2) is 0 Å². The summed E-state index contributed by atoms with van der Waals surface area (Å²) in [4.78, 5) is 12.5. The normalized spacial score (nSPS) is 26.3. The molecule has 2 N–H and O–H groups in total. The number of carbonyl (C=O) groups excluding carboxylic acids is 1. The van der Waals surface area contributed by atoms with Gasteiger partial charge in [-0.25, -0.2) is 0 Å². The molecule has 1 saturated carbocycles. The van der Waals surface area contributed by atoms with Crippen molar-refractivity contribution in [2.45, 2.75) is 44.9 Å². The van der Waals surface area contributed by atoms with E-state index in [0.717, 1.165) is 38.9 Å². The first-order chi connectivity index (χ1) is 9.27. The van der Waals surface area contributed by atoms with Crippen LogP contribution < -0.4 is 10.6 Å². The van der Waals surface area contributed by atoms with Gasteiger partial charge in [0.25, 0.3) is 0 Å². The standard InChI is InChI=1S/C15H28N2O2/c1-19-10-8-15(6-2-3-7-15)14(18)17-12-13-5-4-9-16-11-13/h13,16H,2-12H2,1H3,(H,17,18). The van der Waals surface area contributed by atoms with Gasteiger partial charge in [-0.1, -0.05) is 12.8 Å². The van der Waals surface area contributed by atoms with E-state index in [-0.39, 0.29) is 11.3 Å². The van der Waals surface area contributed by atoms with Gasteiger partial charge in [-0.05, 0) is 51.1 Å². The summed E-state index contributed by atoms with van der Waals surface area (Å²) >= 11 is 0. The van der Waals surface area contributed by atoms with Gasteiger partial charge >= 0.3 is 0 Å². The van der Waals surface area contributed by atoms with Crippen molar-refractivity contribution in [1.82, 2.24) is 10.6 Å². The molecular formula is C15H28N2O2. The second-order valence-corrected chi connectivity index (χ2v) is 6.15. The van der Waals surface area contributed by atoms with E-state index >= 15 is 0 Å². The number of hydrogen-bond acceptors (Lipinski definition) is 3. The molecule has 1 aliphatic heterocycles. The smallest absolute Gasteiger partial charge is 0.226 e. The average Bonchev–Trinajstić information content (AvgIpc) is 2.94. The zero-order valence-corrected chi connectivity index (χ0v) is 12.2. The number of piperidine rings is 1. The second kappa shape index (κ2) is 7.25. The Morgan fingerprint density at radius 2 is 2.16 bits per heavy atom. The molecule has 1 amide bonds. The van der Waals surface area contributed by atoms with E-state index in [9.17, 15) is 4.79 Å². The maximum atomic E-state index is 12.5. The van der Waals surface area contributed by atoms with Crippen LogP contribution in [0, 0.1) is 11.3 Å². The van der Waals surface area contributed by atoms with Crippen LogP contribution >= 0.6 is 0 Å². The van der Waals surface area contributed by atoms with Gasteiger partial charge < -0.3 is 15.4 Å². The minimum atomic E-state index is -0.141. The van der Waals surface area contributed by atoms with E-state index in [1.807, 2.05) is 0 Å². The van der Waals surface area contributed by atoms with Crippen molar-refractivity contribution in [3.63, 3.8) is 0 Å². The lowest BCUT2D eigenvalue weighted by atomic mass is 9.81. The Morgan fingerprint density at radius 3 is 2.79 bits per heavy atom. The molecule has 1 saturated heterocycles. The minimum absolute atomic E-state index is 0.141. The highest BCUT2D eigenvalue weighted by atomic mass is 16.5. The maximum absolute atomic E-state index is 12.5. The topological polar surface area (TPSA) is 50.4 Å². The summed E-state index contributed by atoms with van der Waals surface area (Å²) in [5, 5.41) is 6.61. The SMILES string of the molecule is COCCC1(C(=O)NCC2CCCNC2)CCCC1. The molecular weight excluding hydrogens is 240 g/mol. The van der Waals surface area contributed by atoms with Crippen LogP contribution in [0.15, 0.2) is 0 Å². The lowest BCUT2D eigenvalue weighted by Crippen LogP contribution is -2.44. The third-order valence-electron chi connectivity index (χ3n) is 4.78. The lowest BCUT2D eigenvalue weighted by Gasteiger charge is -2.29. The molecule has 2 rings (SSSR count). The van der Waals surface area contributed by atoms with Crippen molar-refractivity contribution in [1.29, 1.82) is 0 Å². The molecule has 2 fully saturated rings. The van der Waals surface area contributed by atoms with E-state index in [1.54, 1.807) is 7.11 Å². The minimum Gasteiger partial charge on any atom is -0.385 e. The van der Waals surface area contributed by atoms with Gasteiger partial charge in [-0.15, -0.1) is 0 Å². The number of ether oxygens (including phenoxy) is 1. The molecule has 0 aromatic carbocycles. The summed E-state index contributed by atoms with van der Waals surface area (Å²) in [7, 11) is 1.72. The van der Waals surface area contributed by atoms with E-state index < -0.39 is 0 Å². The van der Waals surface area contributed by atoms with Crippen molar-refractivity contribution in [3.8, 4) is 0 Å². The predicted octanol–water partition coefficient (Wildman–Crippen LogP) is 1.70. The highest BCUT2D eigenvalue weighted by Crippen LogP contribution is 2.41. The maximum Gasteiger partial charge on any atom is 0.226 e. The molecule has 4 nitrogen and oxygen atoms in total. The van der Waals surface area contributed by atoms with Crippen LogP contribution in [0.5, 0.6) is 0 Å². The van der Waals surface area contributed by atoms with Gasteiger partial charge in [-0.2, -0.15) is 0 Å². The van der Waals surface area contributed by atoms with E-state index in [4.69, 9.17) is 4.74 Å². The molecule has 0 aromatic heterocycles. The second-order valence-electron chi connectivity index (χ2n) is 6.15. The number of hydrogen-bond donors (Lipinski definition) is 2. The fourth-order valence-electron chi connectivity index (χ4n) is 3.46. The Kier molecular flexibility index (Phi) is 5.64. The van der Waals surface area contributed by atoms with E-state index in [2.05, 4.69) is 10.6 Å². The van der Waals surface area contributed by atoms with Gasteiger partial charge in [-0.3, -0.25) is 4.79 Å². The highest BCUT2D eigenvalue weighted by Gasteiger charge is 2.40. The number of rotatable bonds is 6. The monoisotopic (exact) mass is 268 g/mol. The summed E-state index contributed by atoms with van der Waals surface area (Å²) < 4.78 is 5.18. The number of methoxy groups -OCH3 is 1. The molecule has 0 aromatic rings. The average molecular weight is 268 g/mol. The van der Waals surface area contributed by atoms with Crippen LogP contribution in [0.1, 0.15) is 44.9 Å². The quantitative estimate of drug-likeness (QED) is 0.771. The van der Waals surface area contributed by atoms with Crippen LogP contribution in [-0.2, 0) is 9.53 Å². The Bertz CT molecular complexity index is 282. The van der Waals surface area contributed by atoms with Crippen LogP contribution in [0.2, 0.25) is 0 Å². The molecule has 110 valence electrons. The Balaban J connectivity index is 1.81. The van der Waals surface area contributed by atoms with Crippen LogP contribution in [-0.4, -0.2) is 39.3 Å². The third-order valence-corrected chi connectivity index (χ3v) is 4.78. The zero-order valence-electron chi connectivity index (χ0n) is 12.2. The first-order valence-electron chi connectivity index (χ1n) is 7.75. The number of amides is 1. The molecule has 0 bridgehead atoms. The number of nitrogens with one attached hydrogen (secondary N) is 2. The fourth-order valence-corrected chi connectivity index (χ4v) is 3.46. The predicted molar refractivity (Wildman–Crippen MR) is 76.0 cm³/mol. The zero-order chi connectivity index (χ0) is 13.6. The van der Waals surface area contributed by atoms with E-state index in [0.29, 0.717) is 12.5 Å². The molecule has 1 aliphatic carbocycles. The lowest BCUT2D eigenvalue weighted by molar-refractivity contribution is -0.132. The molecule has 2 aliphatic rings. The molecule has 1 unspecified atom stereocenters. The third kappa shape index (κ3) is 3.93. The van der Waals surface area contributed by atoms with Crippen molar-refractivity contribution >= 4 is 5.91 Å². The Hall–Kier alpha value is -0.610. The first-order valence-corrected chi connectivity index (χ1v) is 7.75. The summed E-state index contributed by atoms with van der Waals surface area (Å²) in [5.41, 5.74) is -0.141. The summed E-state index contributed by atoms with van der Waals surface area (Å²) in [6, 6.07) is 0. The van der Waals surface area contributed by atoms with Crippen molar-refractivity contribution < 1.29 is 9.53 Å². The highest BCUT2D eigenvalue weighted by molar-refractivity contribution is 5.82. The van der Waals surface area contributed by atoms with Crippen molar-refractivity contribution in [3.05, 3.63) is 0 Å². The van der Waals surface area contributed by atoms with Gasteiger partial charge in [0.1, 0.15) is 0 Å². The summed E-state index contributed by atoms with van der Waals surface area (Å²) in [5.74, 6) is 0.881. The van der Waals surface area contributed by atoms with Crippen LogP contribution in [0.25, 0.3) is 0 Å². The van der Waals surface area contributed by atoms with Crippen LogP contribution in [0.4, 0.5) is 0 Å². The molecule has 1 heterocycles. The Morgan fingerprint density at radius 1 is 1.37 bits per heavy atom. The summed E-state index contributed by atoms with van der Waals surface area (Å²) in [6.07, 6.45) is 7.77. The molecule has 0 spiro atoms. The number of carbonyl (C=O) groups is 1. The van der Waals surface area contributed by atoms with Crippen molar-refractivity contribution in [2.75, 3.05) is 33.4 Å². The molecule has 19 heavy (non-hydrogen) atoms. The molecule has 1 atom stereocenters. The molecule has 0 radical (unpaired) electrons. The largest absolute Gasteiger partial charge is 0.385 e. The van der Waals surface area contributed by atoms with Gasteiger partial charge in [0.05, 0.1) is 5.41 Å². The van der Waals surface area contributed by atoms with Crippen LogP contribution in [0.3, 0.4) is 0 Å².